The lowest BCUT2D eigenvalue weighted by Crippen LogP contribution is -2.54. The minimum Gasteiger partial charge on any atom is -0.379 e. The molecule has 4 rings (SSSR count). The van der Waals surface area contributed by atoms with Crippen LogP contribution in [0.15, 0.2) is 0 Å². The Kier molecular flexibility index (Phi) is 4.90. The van der Waals surface area contributed by atoms with Gasteiger partial charge in [0, 0.05) is 23.9 Å². The molecule has 0 aliphatic heterocycles. The standard InChI is InChI=1S/C18H30BrNO2/c1-13(2)22-5-3-4-20-16(21)11-17-7-14-6-15(8-17)10-18(19,9-14)12-17/h13-15H,3-12H2,1-2H3,(H,20,21). The van der Waals surface area contributed by atoms with Crippen molar-refractivity contribution in [1.29, 1.82) is 0 Å². The van der Waals surface area contributed by atoms with Gasteiger partial charge in [-0.25, -0.2) is 0 Å². The highest BCUT2D eigenvalue weighted by molar-refractivity contribution is 9.10. The molecule has 4 bridgehead atoms. The van der Waals surface area contributed by atoms with Gasteiger partial charge in [0.1, 0.15) is 0 Å². The van der Waals surface area contributed by atoms with Crippen LogP contribution in [0.1, 0.15) is 65.2 Å². The minimum atomic E-state index is 0.252. The van der Waals surface area contributed by atoms with E-state index in [2.05, 4.69) is 21.2 Å². The summed E-state index contributed by atoms with van der Waals surface area (Å²) in [6, 6.07) is 0. The van der Waals surface area contributed by atoms with Gasteiger partial charge in [-0.05, 0) is 76.0 Å². The second kappa shape index (κ2) is 6.43. The molecule has 4 fully saturated rings. The number of amides is 1. The van der Waals surface area contributed by atoms with Crippen LogP contribution in [0.2, 0.25) is 0 Å². The Bertz CT molecular complexity index is 409. The Morgan fingerprint density at radius 3 is 2.55 bits per heavy atom. The van der Waals surface area contributed by atoms with E-state index < -0.39 is 0 Å². The average Bonchev–Trinajstić information content (AvgIpc) is 2.33. The van der Waals surface area contributed by atoms with Crippen molar-refractivity contribution in [1.82, 2.24) is 5.32 Å². The first-order valence-electron chi connectivity index (χ1n) is 8.95. The molecule has 0 aromatic heterocycles. The van der Waals surface area contributed by atoms with Gasteiger partial charge in [-0.1, -0.05) is 15.9 Å². The van der Waals surface area contributed by atoms with E-state index in [0.717, 1.165) is 37.8 Å². The summed E-state index contributed by atoms with van der Waals surface area (Å²) in [5, 5.41) is 3.11. The number of carbonyl (C=O) groups excluding carboxylic acids is 1. The maximum atomic E-state index is 12.4. The number of ether oxygens (including phenoxy) is 1. The maximum absolute atomic E-state index is 12.4. The fourth-order valence-corrected chi connectivity index (χ4v) is 7.08. The molecule has 0 spiro atoms. The SMILES string of the molecule is CC(C)OCCCNC(=O)CC12CC3CC(CC(Br)(C3)C1)C2. The number of hydrogen-bond donors (Lipinski definition) is 1. The van der Waals surface area contributed by atoms with Crippen molar-refractivity contribution in [2.75, 3.05) is 13.2 Å². The van der Waals surface area contributed by atoms with Gasteiger partial charge in [0.05, 0.1) is 6.10 Å². The lowest BCUT2D eigenvalue weighted by Gasteiger charge is -2.60. The van der Waals surface area contributed by atoms with Crippen molar-refractivity contribution >= 4 is 21.8 Å². The number of carbonyl (C=O) groups is 1. The molecular formula is C18H30BrNO2. The van der Waals surface area contributed by atoms with Crippen molar-refractivity contribution in [3.05, 3.63) is 0 Å². The van der Waals surface area contributed by atoms with E-state index in [1.54, 1.807) is 0 Å². The predicted molar refractivity (Wildman–Crippen MR) is 92.1 cm³/mol. The minimum absolute atomic E-state index is 0.252. The van der Waals surface area contributed by atoms with Crippen LogP contribution >= 0.6 is 15.9 Å². The zero-order valence-electron chi connectivity index (χ0n) is 14.0. The highest BCUT2D eigenvalue weighted by Gasteiger charge is 2.57. The van der Waals surface area contributed by atoms with E-state index >= 15 is 0 Å². The third kappa shape index (κ3) is 3.87. The Morgan fingerprint density at radius 1 is 1.27 bits per heavy atom. The van der Waals surface area contributed by atoms with Gasteiger partial charge in [-0.3, -0.25) is 4.79 Å². The van der Waals surface area contributed by atoms with E-state index in [4.69, 9.17) is 4.74 Å². The summed E-state index contributed by atoms with van der Waals surface area (Å²) in [6.45, 7) is 5.56. The van der Waals surface area contributed by atoms with Crippen LogP contribution in [0.3, 0.4) is 0 Å². The number of hydrogen-bond acceptors (Lipinski definition) is 2. The summed E-state index contributed by atoms with van der Waals surface area (Å²) < 4.78 is 5.86. The molecule has 0 radical (unpaired) electrons. The summed E-state index contributed by atoms with van der Waals surface area (Å²) in [5.41, 5.74) is 0.284. The number of alkyl halides is 1. The molecule has 3 nitrogen and oxygen atoms in total. The fourth-order valence-electron chi connectivity index (χ4n) is 5.56. The van der Waals surface area contributed by atoms with Crippen molar-refractivity contribution in [3.8, 4) is 0 Å². The van der Waals surface area contributed by atoms with Crippen LogP contribution < -0.4 is 5.32 Å². The molecule has 4 aliphatic rings. The Hall–Kier alpha value is -0.0900. The van der Waals surface area contributed by atoms with Crippen LogP contribution in [0, 0.1) is 17.3 Å². The monoisotopic (exact) mass is 371 g/mol. The molecule has 4 aliphatic carbocycles. The molecule has 2 unspecified atom stereocenters. The highest BCUT2D eigenvalue weighted by atomic mass is 79.9. The molecule has 0 aromatic rings. The Labute approximate surface area is 143 Å². The molecule has 2 atom stereocenters. The first-order chi connectivity index (χ1) is 10.4. The number of halogens is 1. The number of nitrogens with one attached hydrogen (secondary N) is 1. The molecule has 0 saturated heterocycles. The van der Waals surface area contributed by atoms with Crippen molar-refractivity contribution in [3.63, 3.8) is 0 Å². The quantitative estimate of drug-likeness (QED) is 0.541. The van der Waals surface area contributed by atoms with Gasteiger partial charge in [0.2, 0.25) is 5.91 Å². The van der Waals surface area contributed by atoms with Crippen molar-refractivity contribution in [2.24, 2.45) is 17.3 Å². The molecule has 0 aromatic carbocycles. The van der Waals surface area contributed by atoms with Crippen LogP contribution in [0.4, 0.5) is 0 Å². The highest BCUT2D eigenvalue weighted by Crippen LogP contribution is 2.65. The summed E-state index contributed by atoms with van der Waals surface area (Å²) in [5.74, 6) is 1.96. The van der Waals surface area contributed by atoms with Gasteiger partial charge in [0.15, 0.2) is 0 Å². The van der Waals surface area contributed by atoms with Crippen LogP contribution in [0.25, 0.3) is 0 Å². The molecular weight excluding hydrogens is 342 g/mol. The zero-order chi connectivity index (χ0) is 15.8. The van der Waals surface area contributed by atoms with Crippen molar-refractivity contribution < 1.29 is 9.53 Å². The first kappa shape index (κ1) is 16.8. The lowest BCUT2D eigenvalue weighted by atomic mass is 9.48. The topological polar surface area (TPSA) is 38.3 Å². The zero-order valence-corrected chi connectivity index (χ0v) is 15.6. The van der Waals surface area contributed by atoms with Gasteiger partial charge >= 0.3 is 0 Å². The summed E-state index contributed by atoms with van der Waals surface area (Å²) in [7, 11) is 0. The van der Waals surface area contributed by atoms with E-state index in [-0.39, 0.29) is 17.4 Å². The van der Waals surface area contributed by atoms with Gasteiger partial charge < -0.3 is 10.1 Å². The van der Waals surface area contributed by atoms with Crippen molar-refractivity contribution in [2.45, 2.75) is 75.6 Å². The average molecular weight is 372 g/mol. The second-order valence-electron chi connectivity index (χ2n) is 8.41. The lowest BCUT2D eigenvalue weighted by molar-refractivity contribution is -0.128. The smallest absolute Gasteiger partial charge is 0.220 e. The normalized spacial score (nSPS) is 39.5. The van der Waals surface area contributed by atoms with E-state index in [0.29, 0.717) is 4.32 Å². The molecule has 4 saturated carbocycles. The summed E-state index contributed by atoms with van der Waals surface area (Å²) in [6.07, 6.45) is 9.75. The van der Waals surface area contributed by atoms with E-state index in [9.17, 15) is 4.79 Å². The fraction of sp³-hybridized carbons (Fsp3) is 0.944. The van der Waals surface area contributed by atoms with Crippen LogP contribution in [-0.2, 0) is 9.53 Å². The molecule has 0 heterocycles. The summed E-state index contributed by atoms with van der Waals surface area (Å²) in [4.78, 5) is 12.4. The third-order valence-electron chi connectivity index (χ3n) is 5.74. The van der Waals surface area contributed by atoms with E-state index in [1.807, 2.05) is 13.8 Å². The first-order valence-corrected chi connectivity index (χ1v) is 9.75. The van der Waals surface area contributed by atoms with Crippen LogP contribution in [-0.4, -0.2) is 29.5 Å². The van der Waals surface area contributed by atoms with E-state index in [1.165, 1.54) is 38.5 Å². The van der Waals surface area contributed by atoms with Crippen LogP contribution in [0.5, 0.6) is 0 Å². The maximum Gasteiger partial charge on any atom is 0.220 e. The van der Waals surface area contributed by atoms with Gasteiger partial charge in [-0.2, -0.15) is 0 Å². The molecule has 126 valence electrons. The van der Waals surface area contributed by atoms with Gasteiger partial charge in [-0.15, -0.1) is 0 Å². The summed E-state index contributed by atoms with van der Waals surface area (Å²) >= 11 is 4.02. The number of rotatable bonds is 7. The molecule has 4 heteroatoms. The Morgan fingerprint density at radius 2 is 1.95 bits per heavy atom. The molecule has 1 amide bonds. The Balaban J connectivity index is 1.45. The molecule has 1 N–H and O–H groups in total. The third-order valence-corrected chi connectivity index (χ3v) is 6.67. The second-order valence-corrected chi connectivity index (χ2v) is 10.1. The predicted octanol–water partition coefficient (Wildman–Crippen LogP) is 4.04. The molecule has 22 heavy (non-hydrogen) atoms. The largest absolute Gasteiger partial charge is 0.379 e. The van der Waals surface area contributed by atoms with Gasteiger partial charge in [0.25, 0.3) is 0 Å².